The normalized spacial score (nSPS) is 15.4. The summed E-state index contributed by atoms with van der Waals surface area (Å²) >= 11 is 0. The topological polar surface area (TPSA) is 81.7 Å². The molecule has 0 aromatic heterocycles. The van der Waals surface area contributed by atoms with Crippen LogP contribution in [0, 0.1) is 0 Å². The Bertz CT molecular complexity index is 490. The van der Waals surface area contributed by atoms with Crippen LogP contribution in [0.15, 0.2) is 24.3 Å². The highest BCUT2D eigenvalue weighted by atomic mass is 16.3. The predicted octanol–water partition coefficient (Wildman–Crippen LogP) is 0.210. The molecule has 3 N–H and O–H groups in total. The summed E-state index contributed by atoms with van der Waals surface area (Å²) in [4.78, 5) is 24.9. The van der Waals surface area contributed by atoms with Crippen LogP contribution in [0.1, 0.15) is 17.5 Å². The Morgan fingerprint density at radius 3 is 3.00 bits per heavy atom. The Labute approximate surface area is 117 Å². The van der Waals surface area contributed by atoms with E-state index in [-0.39, 0.29) is 25.1 Å². The monoisotopic (exact) mass is 277 g/mol. The molecule has 20 heavy (non-hydrogen) atoms. The minimum Gasteiger partial charge on any atom is -0.392 e. The summed E-state index contributed by atoms with van der Waals surface area (Å²) in [5.74, 6) is -0.125. The molecule has 0 unspecified atom stereocenters. The van der Waals surface area contributed by atoms with Crippen LogP contribution in [0.5, 0.6) is 0 Å². The fourth-order valence-electron chi connectivity index (χ4n) is 2.11. The van der Waals surface area contributed by atoms with Crippen molar-refractivity contribution in [2.24, 2.45) is 0 Å². The van der Waals surface area contributed by atoms with Crippen LogP contribution in [-0.4, -0.2) is 41.6 Å². The average molecular weight is 277 g/mol. The number of aliphatic hydroxyl groups excluding tert-OH is 1. The van der Waals surface area contributed by atoms with E-state index in [2.05, 4.69) is 10.6 Å². The zero-order valence-electron chi connectivity index (χ0n) is 11.3. The SMILES string of the molecule is O=C1CN(C(=O)NCc2cccc(CO)c2)CCCN1. The quantitative estimate of drug-likeness (QED) is 0.738. The molecule has 3 amide bonds. The Balaban J connectivity index is 1.89. The van der Waals surface area contributed by atoms with Gasteiger partial charge in [-0.1, -0.05) is 24.3 Å². The van der Waals surface area contributed by atoms with Gasteiger partial charge in [0.05, 0.1) is 6.61 Å². The molecule has 1 saturated heterocycles. The molecule has 1 aromatic rings. The van der Waals surface area contributed by atoms with Gasteiger partial charge in [-0.2, -0.15) is 0 Å². The summed E-state index contributed by atoms with van der Waals surface area (Å²) in [6, 6.07) is 7.15. The molecular weight excluding hydrogens is 258 g/mol. The molecule has 1 fully saturated rings. The van der Waals surface area contributed by atoms with Crippen molar-refractivity contribution in [1.29, 1.82) is 0 Å². The van der Waals surface area contributed by atoms with Crippen molar-refractivity contribution in [3.05, 3.63) is 35.4 Å². The Morgan fingerprint density at radius 2 is 2.20 bits per heavy atom. The van der Waals surface area contributed by atoms with Crippen LogP contribution in [-0.2, 0) is 17.9 Å². The first-order valence-electron chi connectivity index (χ1n) is 6.67. The molecule has 0 aliphatic carbocycles. The molecule has 0 spiro atoms. The van der Waals surface area contributed by atoms with Gasteiger partial charge in [-0.05, 0) is 17.5 Å². The Morgan fingerprint density at radius 1 is 1.40 bits per heavy atom. The second kappa shape index (κ2) is 6.91. The number of rotatable bonds is 3. The van der Waals surface area contributed by atoms with Gasteiger partial charge in [-0.3, -0.25) is 4.79 Å². The molecule has 0 atom stereocenters. The largest absolute Gasteiger partial charge is 0.392 e. The third-order valence-corrected chi connectivity index (χ3v) is 3.17. The number of urea groups is 1. The molecule has 1 aliphatic heterocycles. The minimum absolute atomic E-state index is 0.0198. The first kappa shape index (κ1) is 14.3. The molecule has 1 aromatic carbocycles. The van der Waals surface area contributed by atoms with Crippen LogP contribution in [0.3, 0.4) is 0 Å². The summed E-state index contributed by atoms with van der Waals surface area (Å²) in [5, 5.41) is 14.6. The molecule has 6 heteroatoms. The first-order chi connectivity index (χ1) is 9.69. The number of nitrogens with zero attached hydrogens (tertiary/aromatic N) is 1. The van der Waals surface area contributed by atoms with Crippen LogP contribution in [0.2, 0.25) is 0 Å². The summed E-state index contributed by atoms with van der Waals surface area (Å²) in [6.07, 6.45) is 0.763. The number of carbonyl (C=O) groups excluding carboxylic acids is 2. The average Bonchev–Trinajstić information content (AvgIpc) is 2.69. The summed E-state index contributed by atoms with van der Waals surface area (Å²) in [7, 11) is 0. The highest BCUT2D eigenvalue weighted by Crippen LogP contribution is 2.05. The lowest BCUT2D eigenvalue weighted by atomic mass is 10.1. The zero-order valence-corrected chi connectivity index (χ0v) is 11.3. The van der Waals surface area contributed by atoms with E-state index < -0.39 is 0 Å². The third-order valence-electron chi connectivity index (χ3n) is 3.17. The van der Waals surface area contributed by atoms with Crippen LogP contribution >= 0.6 is 0 Å². The highest BCUT2D eigenvalue weighted by molar-refractivity contribution is 5.84. The second-order valence-electron chi connectivity index (χ2n) is 4.76. The van der Waals surface area contributed by atoms with E-state index in [1.807, 2.05) is 24.3 Å². The van der Waals surface area contributed by atoms with Crippen molar-refractivity contribution < 1.29 is 14.7 Å². The lowest BCUT2D eigenvalue weighted by Crippen LogP contribution is -2.43. The molecule has 0 radical (unpaired) electrons. The lowest BCUT2D eigenvalue weighted by molar-refractivity contribution is -0.121. The van der Waals surface area contributed by atoms with E-state index in [1.54, 1.807) is 0 Å². The third kappa shape index (κ3) is 3.96. The lowest BCUT2D eigenvalue weighted by Gasteiger charge is -2.19. The molecule has 2 rings (SSSR count). The van der Waals surface area contributed by atoms with Gasteiger partial charge in [0.15, 0.2) is 0 Å². The van der Waals surface area contributed by atoms with E-state index in [0.717, 1.165) is 17.5 Å². The summed E-state index contributed by atoms with van der Waals surface area (Å²) in [6.45, 7) is 1.64. The van der Waals surface area contributed by atoms with Crippen molar-refractivity contribution in [1.82, 2.24) is 15.5 Å². The van der Waals surface area contributed by atoms with Gasteiger partial charge in [-0.15, -0.1) is 0 Å². The van der Waals surface area contributed by atoms with Gasteiger partial charge in [0.1, 0.15) is 6.54 Å². The van der Waals surface area contributed by atoms with Gasteiger partial charge in [0.2, 0.25) is 5.91 Å². The molecule has 0 saturated carbocycles. The number of amides is 3. The van der Waals surface area contributed by atoms with Crippen LogP contribution < -0.4 is 10.6 Å². The fourth-order valence-corrected chi connectivity index (χ4v) is 2.11. The van der Waals surface area contributed by atoms with E-state index in [1.165, 1.54) is 4.90 Å². The van der Waals surface area contributed by atoms with Crippen molar-refractivity contribution in [2.45, 2.75) is 19.6 Å². The minimum atomic E-state index is -0.239. The maximum absolute atomic E-state index is 12.0. The smallest absolute Gasteiger partial charge is 0.318 e. The highest BCUT2D eigenvalue weighted by Gasteiger charge is 2.19. The Hall–Kier alpha value is -2.08. The first-order valence-corrected chi connectivity index (χ1v) is 6.67. The molecule has 0 bridgehead atoms. The van der Waals surface area contributed by atoms with Crippen molar-refractivity contribution >= 4 is 11.9 Å². The maximum Gasteiger partial charge on any atom is 0.318 e. The maximum atomic E-state index is 12.0. The summed E-state index contributed by atoms with van der Waals surface area (Å²) < 4.78 is 0. The van der Waals surface area contributed by atoms with E-state index in [0.29, 0.717) is 19.6 Å². The number of carbonyl (C=O) groups is 2. The molecule has 6 nitrogen and oxygen atoms in total. The Kier molecular flexibility index (Phi) is 4.95. The van der Waals surface area contributed by atoms with Gasteiger partial charge >= 0.3 is 6.03 Å². The number of nitrogens with one attached hydrogen (secondary N) is 2. The van der Waals surface area contributed by atoms with Gasteiger partial charge in [0.25, 0.3) is 0 Å². The van der Waals surface area contributed by atoms with Crippen LogP contribution in [0.4, 0.5) is 4.79 Å². The molecule has 108 valence electrons. The predicted molar refractivity (Wildman–Crippen MR) is 73.8 cm³/mol. The zero-order chi connectivity index (χ0) is 14.4. The number of hydrogen-bond acceptors (Lipinski definition) is 3. The van der Waals surface area contributed by atoms with Gasteiger partial charge < -0.3 is 20.6 Å². The van der Waals surface area contributed by atoms with Crippen molar-refractivity contribution in [3.63, 3.8) is 0 Å². The van der Waals surface area contributed by atoms with E-state index in [9.17, 15) is 9.59 Å². The molecule has 1 heterocycles. The number of aliphatic hydroxyl groups is 1. The van der Waals surface area contributed by atoms with Crippen molar-refractivity contribution in [2.75, 3.05) is 19.6 Å². The molecular formula is C14H19N3O3. The van der Waals surface area contributed by atoms with Crippen LogP contribution in [0.25, 0.3) is 0 Å². The molecule has 1 aliphatic rings. The standard InChI is InChI=1S/C14H19N3O3/c18-10-12-4-1-3-11(7-12)8-16-14(20)17-6-2-5-15-13(19)9-17/h1,3-4,7,18H,2,5-6,8-10H2,(H,15,19)(H,16,20). The fraction of sp³-hybridized carbons (Fsp3) is 0.429. The van der Waals surface area contributed by atoms with E-state index >= 15 is 0 Å². The van der Waals surface area contributed by atoms with Crippen molar-refractivity contribution in [3.8, 4) is 0 Å². The number of hydrogen-bond donors (Lipinski definition) is 3. The number of benzene rings is 1. The van der Waals surface area contributed by atoms with Gasteiger partial charge in [-0.25, -0.2) is 4.79 Å². The summed E-state index contributed by atoms with van der Waals surface area (Å²) in [5.41, 5.74) is 1.73. The van der Waals surface area contributed by atoms with E-state index in [4.69, 9.17) is 5.11 Å². The second-order valence-corrected chi connectivity index (χ2v) is 4.76. The van der Waals surface area contributed by atoms with Gasteiger partial charge in [0, 0.05) is 19.6 Å².